The van der Waals surface area contributed by atoms with Crippen molar-refractivity contribution in [3.63, 3.8) is 0 Å². The van der Waals surface area contributed by atoms with Gasteiger partial charge in [0.25, 0.3) is 5.91 Å². The molecule has 0 fully saturated rings. The van der Waals surface area contributed by atoms with Crippen molar-refractivity contribution in [3.8, 4) is 11.8 Å². The van der Waals surface area contributed by atoms with Crippen LogP contribution in [-0.4, -0.2) is 12.5 Å². The molecule has 4 heteroatoms. The summed E-state index contributed by atoms with van der Waals surface area (Å²) in [6.45, 7) is 5.90. The van der Waals surface area contributed by atoms with E-state index in [-0.39, 0.29) is 5.57 Å². The van der Waals surface area contributed by atoms with E-state index < -0.39 is 5.91 Å². The zero-order chi connectivity index (χ0) is 19.9. The lowest BCUT2D eigenvalue weighted by atomic mass is 10.0. The molecule has 0 atom stereocenters. The Morgan fingerprint density at radius 2 is 1.89 bits per heavy atom. The van der Waals surface area contributed by atoms with Gasteiger partial charge in [-0.15, -0.1) is 0 Å². The predicted octanol–water partition coefficient (Wildman–Crippen LogP) is 5.26. The van der Waals surface area contributed by atoms with Gasteiger partial charge in [-0.2, -0.15) is 5.26 Å². The molecule has 4 nitrogen and oxygen atoms in total. The number of anilines is 1. The van der Waals surface area contributed by atoms with Crippen LogP contribution in [0.25, 0.3) is 16.8 Å². The third-order valence-corrected chi connectivity index (χ3v) is 4.33. The molecule has 1 N–H and O–H groups in total. The van der Waals surface area contributed by atoms with Crippen LogP contribution in [0, 0.1) is 18.3 Å². The Morgan fingerprint density at radius 3 is 2.64 bits per heavy atom. The standard InChI is InChI=1S/C24H20N2O2/c1-3-14-28-23-13-12-18-9-5-6-10-20(18)21(23)15-19(16-25)24(27)26-22-11-7-4-8-17(22)2/h3-13,15H,1,14H2,2H3,(H,26,27)/b19-15+. The van der Waals surface area contributed by atoms with Crippen LogP contribution in [-0.2, 0) is 4.79 Å². The normalized spacial score (nSPS) is 10.9. The quantitative estimate of drug-likeness (QED) is 0.367. The van der Waals surface area contributed by atoms with E-state index in [1.54, 1.807) is 18.2 Å². The molecule has 0 aliphatic heterocycles. The smallest absolute Gasteiger partial charge is 0.266 e. The second-order valence-electron chi connectivity index (χ2n) is 6.24. The highest BCUT2D eigenvalue weighted by Crippen LogP contribution is 2.30. The molecule has 0 aliphatic rings. The SMILES string of the molecule is C=CCOc1ccc2ccccc2c1/C=C(\C#N)C(=O)Nc1ccccc1C. The first-order valence-corrected chi connectivity index (χ1v) is 8.88. The van der Waals surface area contributed by atoms with Crippen molar-refractivity contribution in [2.24, 2.45) is 0 Å². The van der Waals surface area contributed by atoms with Crippen LogP contribution in [0.15, 0.2) is 78.9 Å². The monoisotopic (exact) mass is 368 g/mol. The Morgan fingerprint density at radius 1 is 1.14 bits per heavy atom. The summed E-state index contributed by atoms with van der Waals surface area (Å²) in [5, 5.41) is 14.3. The number of para-hydroxylation sites is 1. The highest BCUT2D eigenvalue weighted by molar-refractivity contribution is 6.11. The third kappa shape index (κ3) is 4.11. The van der Waals surface area contributed by atoms with Crippen LogP contribution >= 0.6 is 0 Å². The van der Waals surface area contributed by atoms with Crippen molar-refractivity contribution in [1.29, 1.82) is 5.26 Å². The van der Waals surface area contributed by atoms with Gasteiger partial charge < -0.3 is 10.1 Å². The molecule has 0 aromatic heterocycles. The van der Waals surface area contributed by atoms with Gasteiger partial charge in [-0.3, -0.25) is 4.79 Å². The number of hydrogen-bond acceptors (Lipinski definition) is 3. The van der Waals surface area contributed by atoms with E-state index in [2.05, 4.69) is 11.9 Å². The Labute approximate surface area is 164 Å². The molecule has 0 saturated carbocycles. The van der Waals surface area contributed by atoms with Crippen LogP contribution in [0.4, 0.5) is 5.69 Å². The average Bonchev–Trinajstić information content (AvgIpc) is 2.72. The number of fused-ring (bicyclic) bond motifs is 1. The molecule has 1 amide bonds. The summed E-state index contributed by atoms with van der Waals surface area (Å²) < 4.78 is 5.75. The van der Waals surface area contributed by atoms with Crippen molar-refractivity contribution in [2.75, 3.05) is 11.9 Å². The molecule has 3 rings (SSSR count). The second-order valence-corrected chi connectivity index (χ2v) is 6.24. The molecule has 0 saturated heterocycles. The number of amides is 1. The second kappa shape index (κ2) is 8.70. The van der Waals surface area contributed by atoms with Gasteiger partial charge in [0.15, 0.2) is 0 Å². The number of carbonyl (C=O) groups is 1. The summed E-state index contributed by atoms with van der Waals surface area (Å²) in [5.41, 5.74) is 2.29. The Balaban J connectivity index is 2.05. The zero-order valence-corrected chi connectivity index (χ0v) is 15.6. The number of nitrogens with zero attached hydrogens (tertiary/aromatic N) is 1. The highest BCUT2D eigenvalue weighted by atomic mass is 16.5. The maximum absolute atomic E-state index is 12.7. The van der Waals surface area contributed by atoms with Crippen molar-refractivity contribution >= 4 is 28.4 Å². The molecule has 3 aromatic rings. The van der Waals surface area contributed by atoms with Crippen LogP contribution in [0.1, 0.15) is 11.1 Å². The highest BCUT2D eigenvalue weighted by Gasteiger charge is 2.14. The van der Waals surface area contributed by atoms with Crippen LogP contribution < -0.4 is 10.1 Å². The largest absolute Gasteiger partial charge is 0.489 e. The molecular formula is C24H20N2O2. The van der Waals surface area contributed by atoms with Gasteiger partial charge in [0, 0.05) is 11.3 Å². The minimum absolute atomic E-state index is 0.00283. The van der Waals surface area contributed by atoms with Crippen molar-refractivity contribution < 1.29 is 9.53 Å². The van der Waals surface area contributed by atoms with Gasteiger partial charge in [0.05, 0.1) is 0 Å². The Kier molecular flexibility index (Phi) is 5.88. The lowest BCUT2D eigenvalue weighted by Gasteiger charge is -2.12. The maximum atomic E-state index is 12.7. The van der Waals surface area contributed by atoms with Crippen molar-refractivity contribution in [1.82, 2.24) is 0 Å². The molecule has 0 spiro atoms. The molecule has 0 aliphatic carbocycles. The molecule has 0 heterocycles. The minimum atomic E-state index is -0.459. The number of rotatable bonds is 6. The van der Waals surface area contributed by atoms with Crippen LogP contribution in [0.3, 0.4) is 0 Å². The number of carbonyl (C=O) groups excluding carboxylic acids is 1. The van der Waals surface area contributed by atoms with Gasteiger partial charge in [-0.1, -0.05) is 61.2 Å². The first kappa shape index (κ1) is 18.9. The third-order valence-electron chi connectivity index (χ3n) is 4.33. The fourth-order valence-corrected chi connectivity index (χ4v) is 2.89. The number of nitrogens with one attached hydrogen (secondary N) is 1. The van der Waals surface area contributed by atoms with E-state index in [0.29, 0.717) is 23.6 Å². The summed E-state index contributed by atoms with van der Waals surface area (Å²) in [7, 11) is 0. The van der Waals surface area contributed by atoms with Crippen LogP contribution in [0.2, 0.25) is 0 Å². The summed E-state index contributed by atoms with van der Waals surface area (Å²) in [6.07, 6.45) is 3.23. The van der Waals surface area contributed by atoms with Gasteiger partial charge in [0.1, 0.15) is 24.0 Å². The van der Waals surface area contributed by atoms with E-state index in [1.807, 2.05) is 67.6 Å². The van der Waals surface area contributed by atoms with E-state index in [4.69, 9.17) is 4.74 Å². The minimum Gasteiger partial charge on any atom is -0.489 e. The summed E-state index contributed by atoms with van der Waals surface area (Å²) >= 11 is 0. The van der Waals surface area contributed by atoms with Gasteiger partial charge in [0.2, 0.25) is 0 Å². The predicted molar refractivity (Wildman–Crippen MR) is 113 cm³/mol. The Bertz CT molecular complexity index is 1110. The molecule has 0 radical (unpaired) electrons. The molecule has 0 bridgehead atoms. The van der Waals surface area contributed by atoms with E-state index >= 15 is 0 Å². The molecule has 28 heavy (non-hydrogen) atoms. The van der Waals surface area contributed by atoms with Gasteiger partial charge in [-0.05, 0) is 41.5 Å². The van der Waals surface area contributed by atoms with Crippen LogP contribution in [0.5, 0.6) is 5.75 Å². The molecule has 3 aromatic carbocycles. The maximum Gasteiger partial charge on any atom is 0.266 e. The van der Waals surface area contributed by atoms with Crippen molar-refractivity contribution in [3.05, 3.63) is 90.0 Å². The number of ether oxygens (including phenoxy) is 1. The Hall–Kier alpha value is -3.84. The summed E-state index contributed by atoms with van der Waals surface area (Å²) in [4.78, 5) is 12.7. The van der Waals surface area contributed by atoms with Crippen molar-refractivity contribution in [2.45, 2.75) is 6.92 Å². The zero-order valence-electron chi connectivity index (χ0n) is 15.6. The first-order chi connectivity index (χ1) is 13.6. The first-order valence-electron chi connectivity index (χ1n) is 8.88. The molecular weight excluding hydrogens is 348 g/mol. The summed E-state index contributed by atoms with van der Waals surface area (Å²) in [5.74, 6) is 0.134. The fourth-order valence-electron chi connectivity index (χ4n) is 2.89. The average molecular weight is 368 g/mol. The van der Waals surface area contributed by atoms with Gasteiger partial charge >= 0.3 is 0 Å². The number of benzene rings is 3. The lowest BCUT2D eigenvalue weighted by Crippen LogP contribution is -2.14. The number of aryl methyl sites for hydroxylation is 1. The number of nitriles is 1. The van der Waals surface area contributed by atoms with E-state index in [0.717, 1.165) is 16.3 Å². The van der Waals surface area contributed by atoms with E-state index in [1.165, 1.54) is 0 Å². The molecule has 0 unspecified atom stereocenters. The summed E-state index contributed by atoms with van der Waals surface area (Å²) in [6, 6.07) is 21.0. The number of hydrogen-bond donors (Lipinski definition) is 1. The fraction of sp³-hybridized carbons (Fsp3) is 0.0833. The molecule has 138 valence electrons. The topological polar surface area (TPSA) is 62.1 Å². The van der Waals surface area contributed by atoms with E-state index in [9.17, 15) is 10.1 Å². The van der Waals surface area contributed by atoms with Gasteiger partial charge in [-0.25, -0.2) is 0 Å². The lowest BCUT2D eigenvalue weighted by molar-refractivity contribution is -0.112.